The minimum absolute atomic E-state index is 0.325. The number of hydrogen-bond donors (Lipinski definition) is 1. The SMILES string of the molecule is CC[C@@H](C)Cc1ccc([C@H](C)O)oc1=O. The quantitative estimate of drug-likeness (QED) is 0.829. The van der Waals surface area contributed by atoms with Crippen molar-refractivity contribution in [3.05, 3.63) is 33.9 Å². The first-order valence-corrected chi connectivity index (χ1v) is 5.35. The molecule has 1 rings (SSSR count). The van der Waals surface area contributed by atoms with Gasteiger partial charge in [-0.1, -0.05) is 20.3 Å². The van der Waals surface area contributed by atoms with E-state index in [1.807, 2.05) is 0 Å². The average Bonchev–Trinajstić information content (AvgIpc) is 2.20. The van der Waals surface area contributed by atoms with Crippen molar-refractivity contribution >= 4 is 0 Å². The molecule has 1 heterocycles. The lowest BCUT2D eigenvalue weighted by Gasteiger charge is -2.08. The molecule has 15 heavy (non-hydrogen) atoms. The Labute approximate surface area is 89.7 Å². The molecule has 84 valence electrons. The second-order valence-corrected chi connectivity index (χ2v) is 4.04. The molecule has 0 aliphatic heterocycles. The van der Waals surface area contributed by atoms with E-state index in [9.17, 15) is 9.90 Å². The highest BCUT2D eigenvalue weighted by atomic mass is 16.4. The summed E-state index contributed by atoms with van der Waals surface area (Å²) in [5.74, 6) is 0.804. The molecule has 0 amide bonds. The summed E-state index contributed by atoms with van der Waals surface area (Å²) < 4.78 is 5.01. The molecule has 3 heteroatoms. The molecule has 1 N–H and O–H groups in total. The van der Waals surface area contributed by atoms with Gasteiger partial charge < -0.3 is 9.52 Å². The molecule has 0 saturated heterocycles. The van der Waals surface area contributed by atoms with Crippen molar-refractivity contribution in [1.82, 2.24) is 0 Å². The normalized spacial score (nSPS) is 14.9. The van der Waals surface area contributed by atoms with Crippen molar-refractivity contribution in [2.45, 2.75) is 39.7 Å². The van der Waals surface area contributed by atoms with Crippen LogP contribution in [-0.4, -0.2) is 5.11 Å². The predicted octanol–water partition coefficient (Wildman–Crippen LogP) is 2.28. The Balaban J connectivity index is 2.89. The van der Waals surface area contributed by atoms with Gasteiger partial charge in [0.1, 0.15) is 11.9 Å². The van der Waals surface area contributed by atoms with Crippen molar-refractivity contribution < 1.29 is 9.52 Å². The zero-order chi connectivity index (χ0) is 11.4. The number of hydrogen-bond acceptors (Lipinski definition) is 3. The van der Waals surface area contributed by atoms with Crippen molar-refractivity contribution in [1.29, 1.82) is 0 Å². The molecule has 3 nitrogen and oxygen atoms in total. The van der Waals surface area contributed by atoms with Gasteiger partial charge in [0.25, 0.3) is 0 Å². The fourth-order valence-corrected chi connectivity index (χ4v) is 1.35. The fourth-order valence-electron chi connectivity index (χ4n) is 1.35. The smallest absolute Gasteiger partial charge is 0.339 e. The third-order valence-corrected chi connectivity index (χ3v) is 2.60. The number of aliphatic hydroxyl groups excluding tert-OH is 1. The maximum atomic E-state index is 11.5. The first kappa shape index (κ1) is 12.0. The van der Waals surface area contributed by atoms with Gasteiger partial charge in [-0.25, -0.2) is 4.79 Å². The molecule has 0 aromatic carbocycles. The van der Waals surface area contributed by atoms with Gasteiger partial charge >= 0.3 is 5.63 Å². The largest absolute Gasteiger partial charge is 0.425 e. The average molecular weight is 210 g/mol. The summed E-state index contributed by atoms with van der Waals surface area (Å²) >= 11 is 0. The molecule has 2 atom stereocenters. The summed E-state index contributed by atoms with van der Waals surface area (Å²) in [6.07, 6.45) is 1.05. The van der Waals surface area contributed by atoms with Gasteiger partial charge in [-0.05, 0) is 31.4 Å². The van der Waals surface area contributed by atoms with Gasteiger partial charge in [0.15, 0.2) is 0 Å². The topological polar surface area (TPSA) is 50.4 Å². The second-order valence-electron chi connectivity index (χ2n) is 4.04. The van der Waals surface area contributed by atoms with Gasteiger partial charge in [-0.15, -0.1) is 0 Å². The summed E-state index contributed by atoms with van der Waals surface area (Å²) in [7, 11) is 0. The summed E-state index contributed by atoms with van der Waals surface area (Å²) in [6, 6.07) is 3.42. The monoisotopic (exact) mass is 210 g/mol. The number of rotatable bonds is 4. The number of aliphatic hydroxyl groups is 1. The van der Waals surface area contributed by atoms with E-state index in [4.69, 9.17) is 4.42 Å². The lowest BCUT2D eigenvalue weighted by atomic mass is 10.0. The van der Waals surface area contributed by atoms with Crippen LogP contribution >= 0.6 is 0 Å². The Bertz CT molecular complexity index is 365. The van der Waals surface area contributed by atoms with Crippen molar-refractivity contribution in [2.75, 3.05) is 0 Å². The van der Waals surface area contributed by atoms with E-state index in [-0.39, 0.29) is 5.63 Å². The zero-order valence-electron chi connectivity index (χ0n) is 9.49. The van der Waals surface area contributed by atoms with E-state index in [0.717, 1.165) is 12.8 Å². The second kappa shape index (κ2) is 5.12. The van der Waals surface area contributed by atoms with Gasteiger partial charge in [0, 0.05) is 5.56 Å². The van der Waals surface area contributed by atoms with Crippen LogP contribution in [0.5, 0.6) is 0 Å². The van der Waals surface area contributed by atoms with Crippen LogP contribution in [0.4, 0.5) is 0 Å². The summed E-state index contributed by atoms with van der Waals surface area (Å²) in [4.78, 5) is 11.5. The lowest BCUT2D eigenvalue weighted by Crippen LogP contribution is -2.12. The van der Waals surface area contributed by atoms with Crippen molar-refractivity contribution in [3.8, 4) is 0 Å². The van der Waals surface area contributed by atoms with E-state index in [2.05, 4.69) is 13.8 Å². The van der Waals surface area contributed by atoms with E-state index in [1.165, 1.54) is 0 Å². The summed E-state index contributed by atoms with van der Waals surface area (Å²) in [6.45, 7) is 5.77. The summed E-state index contributed by atoms with van der Waals surface area (Å²) in [5, 5.41) is 9.23. The van der Waals surface area contributed by atoms with Gasteiger partial charge in [0.05, 0.1) is 0 Å². The highest BCUT2D eigenvalue weighted by Crippen LogP contribution is 2.12. The Morgan fingerprint density at radius 3 is 2.53 bits per heavy atom. The van der Waals surface area contributed by atoms with E-state index < -0.39 is 6.10 Å². The molecular weight excluding hydrogens is 192 g/mol. The Hall–Kier alpha value is -1.09. The zero-order valence-corrected chi connectivity index (χ0v) is 9.49. The highest BCUT2D eigenvalue weighted by molar-refractivity contribution is 5.12. The molecule has 0 aliphatic rings. The molecule has 0 spiro atoms. The Morgan fingerprint density at radius 2 is 2.07 bits per heavy atom. The highest BCUT2D eigenvalue weighted by Gasteiger charge is 2.09. The van der Waals surface area contributed by atoms with Crippen LogP contribution in [0.2, 0.25) is 0 Å². The summed E-state index contributed by atoms with van der Waals surface area (Å²) in [5.41, 5.74) is 0.363. The molecule has 0 unspecified atom stereocenters. The van der Waals surface area contributed by atoms with Crippen LogP contribution < -0.4 is 5.63 Å². The molecule has 0 fully saturated rings. The molecule has 0 bridgehead atoms. The predicted molar refractivity (Wildman–Crippen MR) is 58.8 cm³/mol. The maximum Gasteiger partial charge on any atom is 0.339 e. The Morgan fingerprint density at radius 1 is 1.40 bits per heavy atom. The minimum Gasteiger partial charge on any atom is -0.425 e. The van der Waals surface area contributed by atoms with Gasteiger partial charge in [-0.2, -0.15) is 0 Å². The fraction of sp³-hybridized carbons (Fsp3) is 0.583. The van der Waals surface area contributed by atoms with Crippen LogP contribution in [0.25, 0.3) is 0 Å². The van der Waals surface area contributed by atoms with E-state index >= 15 is 0 Å². The van der Waals surface area contributed by atoms with Crippen molar-refractivity contribution in [3.63, 3.8) is 0 Å². The third-order valence-electron chi connectivity index (χ3n) is 2.60. The first-order chi connectivity index (χ1) is 7.04. The van der Waals surface area contributed by atoms with Crippen LogP contribution in [0.15, 0.2) is 21.3 Å². The molecule has 1 aromatic heterocycles. The van der Waals surface area contributed by atoms with Crippen LogP contribution in [0, 0.1) is 5.92 Å². The molecular formula is C12H18O3. The third kappa shape index (κ3) is 3.20. The molecule has 1 aromatic rings. The van der Waals surface area contributed by atoms with Crippen LogP contribution in [0.3, 0.4) is 0 Å². The molecule has 0 radical (unpaired) electrons. The minimum atomic E-state index is -0.727. The van der Waals surface area contributed by atoms with Gasteiger partial charge in [0.2, 0.25) is 0 Å². The van der Waals surface area contributed by atoms with Crippen molar-refractivity contribution in [2.24, 2.45) is 5.92 Å². The standard InChI is InChI=1S/C12H18O3/c1-4-8(2)7-10-5-6-11(9(3)13)15-12(10)14/h5-6,8-9,13H,4,7H2,1-3H3/t8-,9+/m1/s1. The van der Waals surface area contributed by atoms with Gasteiger partial charge in [-0.3, -0.25) is 0 Å². The first-order valence-electron chi connectivity index (χ1n) is 5.35. The van der Waals surface area contributed by atoms with E-state index in [0.29, 0.717) is 17.2 Å². The van der Waals surface area contributed by atoms with Crippen LogP contribution in [0.1, 0.15) is 44.6 Å². The Kier molecular flexibility index (Phi) is 4.09. The van der Waals surface area contributed by atoms with Crippen LogP contribution in [-0.2, 0) is 6.42 Å². The molecule has 0 aliphatic carbocycles. The van der Waals surface area contributed by atoms with E-state index in [1.54, 1.807) is 19.1 Å². The lowest BCUT2D eigenvalue weighted by molar-refractivity contribution is 0.163. The maximum absolute atomic E-state index is 11.5. The molecule has 0 saturated carbocycles.